The van der Waals surface area contributed by atoms with Gasteiger partial charge in [-0.25, -0.2) is 0 Å². The number of fused-ring (bicyclic) bond motifs is 1. The number of rotatable bonds is 4. The molecule has 0 aliphatic rings. The first-order chi connectivity index (χ1) is 12.3. The first-order valence-corrected chi connectivity index (χ1v) is 8.45. The molecule has 4 rings (SSSR count). The molecule has 0 saturated carbocycles. The van der Waals surface area contributed by atoms with Gasteiger partial charge in [0.2, 0.25) is 0 Å². The van der Waals surface area contributed by atoms with Crippen molar-refractivity contribution >= 4 is 28.2 Å². The first-order valence-electron chi connectivity index (χ1n) is 8.07. The highest BCUT2D eigenvalue weighted by Gasteiger charge is 2.05. The Bertz CT molecular complexity index is 1020. The van der Waals surface area contributed by atoms with E-state index in [1.165, 1.54) is 0 Å². The Morgan fingerprint density at radius 1 is 0.880 bits per heavy atom. The van der Waals surface area contributed by atoms with Crippen LogP contribution in [0, 0.1) is 0 Å². The van der Waals surface area contributed by atoms with Crippen LogP contribution in [-0.2, 0) is 6.54 Å². The Labute approximate surface area is 151 Å². The van der Waals surface area contributed by atoms with Gasteiger partial charge in [-0.05, 0) is 47.5 Å². The minimum atomic E-state index is 0.705. The fourth-order valence-corrected chi connectivity index (χ4v) is 3.07. The first kappa shape index (κ1) is 15.6. The summed E-state index contributed by atoms with van der Waals surface area (Å²) < 4.78 is 0. The van der Waals surface area contributed by atoms with Gasteiger partial charge in [-0.1, -0.05) is 35.9 Å². The third-order valence-electron chi connectivity index (χ3n) is 4.11. The van der Waals surface area contributed by atoms with E-state index in [1.54, 1.807) is 6.20 Å². The van der Waals surface area contributed by atoms with Crippen molar-refractivity contribution in [2.45, 2.75) is 6.54 Å². The quantitative estimate of drug-likeness (QED) is 0.526. The lowest BCUT2D eigenvalue weighted by Gasteiger charge is -2.11. The van der Waals surface area contributed by atoms with Crippen molar-refractivity contribution in [2.75, 3.05) is 5.32 Å². The highest BCUT2D eigenvalue weighted by atomic mass is 35.5. The Hall–Kier alpha value is -2.91. The number of anilines is 1. The zero-order chi connectivity index (χ0) is 17.1. The van der Waals surface area contributed by atoms with Crippen LogP contribution in [0.3, 0.4) is 0 Å². The molecule has 25 heavy (non-hydrogen) atoms. The predicted octanol–water partition coefficient (Wildman–Crippen LogP) is 5.56. The van der Waals surface area contributed by atoms with Crippen LogP contribution in [0.15, 0.2) is 79.3 Å². The van der Waals surface area contributed by atoms with Crippen LogP contribution in [0.4, 0.5) is 5.69 Å². The summed E-state index contributed by atoms with van der Waals surface area (Å²) in [6.45, 7) is 0.705. The summed E-state index contributed by atoms with van der Waals surface area (Å²) in [6.07, 6.45) is 5.48. The lowest BCUT2D eigenvalue weighted by atomic mass is 10.0. The molecule has 0 aliphatic carbocycles. The van der Waals surface area contributed by atoms with Gasteiger partial charge in [-0.15, -0.1) is 0 Å². The van der Waals surface area contributed by atoms with Crippen molar-refractivity contribution in [3.05, 3.63) is 89.8 Å². The highest BCUT2D eigenvalue weighted by Crippen LogP contribution is 2.28. The largest absolute Gasteiger partial charge is 0.380 e. The molecule has 0 saturated heterocycles. The van der Waals surface area contributed by atoms with E-state index in [-0.39, 0.29) is 0 Å². The molecule has 0 unspecified atom stereocenters. The normalized spacial score (nSPS) is 10.8. The molecule has 0 radical (unpaired) electrons. The van der Waals surface area contributed by atoms with Gasteiger partial charge in [-0.3, -0.25) is 9.97 Å². The summed E-state index contributed by atoms with van der Waals surface area (Å²) in [4.78, 5) is 8.67. The standard InChI is InChI=1S/C21H16ClN3/c22-18-5-1-3-15(11-18)13-25-21-8-10-24-20-7-6-16(12-19(20)21)17-4-2-9-23-14-17/h1-12,14H,13H2,(H,24,25). The molecule has 2 aromatic carbocycles. The molecule has 2 heterocycles. The number of benzene rings is 2. The van der Waals surface area contributed by atoms with Gasteiger partial charge in [0.1, 0.15) is 0 Å². The molecular formula is C21H16ClN3. The van der Waals surface area contributed by atoms with E-state index < -0.39 is 0 Å². The maximum Gasteiger partial charge on any atom is 0.0723 e. The van der Waals surface area contributed by atoms with E-state index in [0.29, 0.717) is 6.54 Å². The number of hydrogen-bond acceptors (Lipinski definition) is 3. The summed E-state index contributed by atoms with van der Waals surface area (Å²) in [6, 6.07) is 20.2. The maximum atomic E-state index is 6.07. The molecule has 0 spiro atoms. The van der Waals surface area contributed by atoms with E-state index in [2.05, 4.69) is 39.6 Å². The van der Waals surface area contributed by atoms with Crippen LogP contribution in [0.1, 0.15) is 5.56 Å². The van der Waals surface area contributed by atoms with Crippen LogP contribution in [-0.4, -0.2) is 9.97 Å². The van der Waals surface area contributed by atoms with E-state index in [4.69, 9.17) is 11.6 Å². The number of nitrogens with one attached hydrogen (secondary N) is 1. The summed E-state index contributed by atoms with van der Waals surface area (Å²) in [5, 5.41) is 5.33. The van der Waals surface area contributed by atoms with Crippen LogP contribution in [0.5, 0.6) is 0 Å². The molecule has 0 fully saturated rings. The van der Waals surface area contributed by atoms with Gasteiger partial charge in [0.25, 0.3) is 0 Å². The Kier molecular flexibility index (Phi) is 4.32. The van der Waals surface area contributed by atoms with Crippen LogP contribution < -0.4 is 5.32 Å². The summed E-state index contributed by atoms with van der Waals surface area (Å²) in [7, 11) is 0. The number of nitrogens with zero attached hydrogens (tertiary/aromatic N) is 2. The average molecular weight is 346 g/mol. The molecule has 4 heteroatoms. The molecule has 0 bridgehead atoms. The second-order valence-corrected chi connectivity index (χ2v) is 6.25. The van der Waals surface area contributed by atoms with Crippen molar-refractivity contribution in [2.24, 2.45) is 0 Å². The van der Waals surface area contributed by atoms with Gasteiger partial charge < -0.3 is 5.32 Å². The summed E-state index contributed by atoms with van der Waals surface area (Å²) in [5.41, 5.74) is 5.37. The lowest BCUT2D eigenvalue weighted by molar-refractivity contribution is 1.15. The molecule has 0 aliphatic heterocycles. The smallest absolute Gasteiger partial charge is 0.0723 e. The van der Waals surface area contributed by atoms with Crippen molar-refractivity contribution in [3.63, 3.8) is 0 Å². The van der Waals surface area contributed by atoms with Gasteiger partial charge in [-0.2, -0.15) is 0 Å². The number of halogens is 1. The van der Waals surface area contributed by atoms with Crippen LogP contribution >= 0.6 is 11.6 Å². The monoisotopic (exact) mass is 345 g/mol. The topological polar surface area (TPSA) is 37.8 Å². The molecule has 3 nitrogen and oxygen atoms in total. The van der Waals surface area contributed by atoms with Gasteiger partial charge in [0.15, 0.2) is 0 Å². The minimum absolute atomic E-state index is 0.705. The molecule has 0 amide bonds. The Morgan fingerprint density at radius 2 is 1.84 bits per heavy atom. The zero-order valence-corrected chi connectivity index (χ0v) is 14.2. The fraction of sp³-hybridized carbons (Fsp3) is 0.0476. The number of pyridine rings is 2. The molecule has 0 atom stereocenters. The van der Waals surface area contributed by atoms with Crippen molar-refractivity contribution in [3.8, 4) is 11.1 Å². The summed E-state index contributed by atoms with van der Waals surface area (Å²) >= 11 is 6.07. The van der Waals surface area contributed by atoms with Crippen molar-refractivity contribution < 1.29 is 0 Å². The second-order valence-electron chi connectivity index (χ2n) is 5.82. The molecule has 4 aromatic rings. The Morgan fingerprint density at radius 3 is 2.68 bits per heavy atom. The van der Waals surface area contributed by atoms with Crippen LogP contribution in [0.25, 0.3) is 22.0 Å². The predicted molar refractivity (Wildman–Crippen MR) is 104 cm³/mol. The average Bonchev–Trinajstić information content (AvgIpc) is 2.67. The van der Waals surface area contributed by atoms with Crippen LogP contribution in [0.2, 0.25) is 5.02 Å². The number of hydrogen-bond donors (Lipinski definition) is 1. The van der Waals surface area contributed by atoms with E-state index in [1.807, 2.05) is 48.8 Å². The molecule has 122 valence electrons. The third kappa shape index (κ3) is 3.47. The minimum Gasteiger partial charge on any atom is -0.380 e. The molecule has 2 aromatic heterocycles. The summed E-state index contributed by atoms with van der Waals surface area (Å²) in [5.74, 6) is 0. The maximum absolute atomic E-state index is 6.07. The van der Waals surface area contributed by atoms with E-state index in [0.717, 1.165) is 38.3 Å². The highest BCUT2D eigenvalue weighted by molar-refractivity contribution is 6.30. The molecular weight excluding hydrogens is 330 g/mol. The molecule has 1 N–H and O–H groups in total. The van der Waals surface area contributed by atoms with E-state index >= 15 is 0 Å². The van der Waals surface area contributed by atoms with Gasteiger partial charge >= 0.3 is 0 Å². The SMILES string of the molecule is Clc1cccc(CNc2ccnc3ccc(-c4cccnc4)cc23)c1. The number of aromatic nitrogens is 2. The lowest BCUT2D eigenvalue weighted by Crippen LogP contribution is -2.00. The van der Waals surface area contributed by atoms with Crippen molar-refractivity contribution in [1.82, 2.24) is 9.97 Å². The fourth-order valence-electron chi connectivity index (χ4n) is 2.86. The third-order valence-corrected chi connectivity index (χ3v) is 4.34. The van der Waals surface area contributed by atoms with E-state index in [9.17, 15) is 0 Å². The Balaban J connectivity index is 1.68. The second kappa shape index (κ2) is 6.91. The van der Waals surface area contributed by atoms with Gasteiger partial charge in [0.05, 0.1) is 5.52 Å². The zero-order valence-electron chi connectivity index (χ0n) is 13.5. The van der Waals surface area contributed by atoms with Gasteiger partial charge in [0, 0.05) is 46.8 Å². The van der Waals surface area contributed by atoms with Crippen molar-refractivity contribution in [1.29, 1.82) is 0 Å².